The SMILES string of the molecule is COc1cccc2[nH]c(C(=O)C[C@@H](CC3CCCCC3)C(=O)N[C@@H](C[C@@H]3CCCC3=O)C(N)=O)cc12. The fourth-order valence-corrected chi connectivity index (χ4v) is 5.86. The van der Waals surface area contributed by atoms with Crippen LogP contribution in [0, 0.1) is 17.8 Å². The number of primary amides is 1. The smallest absolute Gasteiger partial charge is 0.240 e. The molecule has 2 aromatic rings. The summed E-state index contributed by atoms with van der Waals surface area (Å²) < 4.78 is 5.41. The molecule has 0 bridgehead atoms. The van der Waals surface area contributed by atoms with Crippen molar-refractivity contribution in [2.24, 2.45) is 23.5 Å². The van der Waals surface area contributed by atoms with Gasteiger partial charge in [0, 0.05) is 35.6 Å². The van der Waals surface area contributed by atoms with Crippen LogP contribution in [0.2, 0.25) is 0 Å². The van der Waals surface area contributed by atoms with Gasteiger partial charge in [0.25, 0.3) is 0 Å². The van der Waals surface area contributed by atoms with Gasteiger partial charge in [-0.2, -0.15) is 0 Å². The number of ether oxygens (including phenoxy) is 1. The number of aromatic nitrogens is 1. The first kappa shape index (κ1) is 25.9. The van der Waals surface area contributed by atoms with Crippen LogP contribution in [0.3, 0.4) is 0 Å². The summed E-state index contributed by atoms with van der Waals surface area (Å²) in [5.74, 6) is -0.800. The Labute approximate surface area is 211 Å². The van der Waals surface area contributed by atoms with Crippen LogP contribution in [0.15, 0.2) is 24.3 Å². The molecule has 2 amide bonds. The van der Waals surface area contributed by atoms with Gasteiger partial charge in [-0.1, -0.05) is 38.2 Å². The van der Waals surface area contributed by atoms with E-state index in [0.717, 1.165) is 43.0 Å². The van der Waals surface area contributed by atoms with Crippen molar-refractivity contribution in [3.63, 3.8) is 0 Å². The van der Waals surface area contributed by atoms with E-state index >= 15 is 0 Å². The Morgan fingerprint density at radius 3 is 2.56 bits per heavy atom. The van der Waals surface area contributed by atoms with E-state index in [9.17, 15) is 19.2 Å². The van der Waals surface area contributed by atoms with Crippen molar-refractivity contribution in [2.45, 2.75) is 76.7 Å². The third-order valence-electron chi connectivity index (χ3n) is 7.90. The topological polar surface area (TPSA) is 131 Å². The third-order valence-corrected chi connectivity index (χ3v) is 7.90. The highest BCUT2D eigenvalue weighted by Gasteiger charge is 2.33. The zero-order valence-electron chi connectivity index (χ0n) is 21.0. The molecule has 4 rings (SSSR count). The van der Waals surface area contributed by atoms with Crippen LogP contribution in [0.5, 0.6) is 5.75 Å². The molecule has 8 nitrogen and oxygen atoms in total. The molecule has 8 heteroatoms. The molecule has 4 N–H and O–H groups in total. The molecule has 0 radical (unpaired) electrons. The van der Waals surface area contributed by atoms with Crippen molar-refractivity contribution in [1.29, 1.82) is 0 Å². The first-order valence-corrected chi connectivity index (χ1v) is 13.2. The summed E-state index contributed by atoms with van der Waals surface area (Å²) in [5.41, 5.74) is 6.83. The number of hydrogen-bond acceptors (Lipinski definition) is 5. The molecule has 1 heterocycles. The quantitative estimate of drug-likeness (QED) is 0.405. The van der Waals surface area contributed by atoms with E-state index in [1.54, 1.807) is 13.2 Å². The zero-order chi connectivity index (χ0) is 25.7. The van der Waals surface area contributed by atoms with Gasteiger partial charge in [-0.3, -0.25) is 19.2 Å². The van der Waals surface area contributed by atoms with Crippen LogP contribution in [0.1, 0.15) is 81.1 Å². The highest BCUT2D eigenvalue weighted by Crippen LogP contribution is 2.32. The Hall–Kier alpha value is -3.16. The number of H-pyrrole nitrogens is 1. The molecule has 194 valence electrons. The first-order valence-electron chi connectivity index (χ1n) is 13.2. The summed E-state index contributed by atoms with van der Waals surface area (Å²) in [7, 11) is 1.59. The molecule has 0 unspecified atom stereocenters. The Morgan fingerprint density at radius 2 is 1.89 bits per heavy atom. The van der Waals surface area contributed by atoms with Gasteiger partial charge in [-0.05, 0) is 49.8 Å². The number of nitrogens with one attached hydrogen (secondary N) is 2. The van der Waals surface area contributed by atoms with Gasteiger partial charge >= 0.3 is 0 Å². The Kier molecular flexibility index (Phi) is 8.44. The molecule has 3 atom stereocenters. The lowest BCUT2D eigenvalue weighted by atomic mass is 9.80. The molecule has 2 saturated carbocycles. The Morgan fingerprint density at radius 1 is 1.11 bits per heavy atom. The molecule has 0 spiro atoms. The largest absolute Gasteiger partial charge is 0.496 e. The van der Waals surface area contributed by atoms with Gasteiger partial charge in [-0.25, -0.2) is 0 Å². The van der Waals surface area contributed by atoms with Crippen LogP contribution >= 0.6 is 0 Å². The molecule has 1 aromatic heterocycles. The average molecular weight is 496 g/mol. The number of methoxy groups -OCH3 is 1. The number of hydrogen-bond donors (Lipinski definition) is 3. The van der Waals surface area contributed by atoms with E-state index in [4.69, 9.17) is 10.5 Å². The van der Waals surface area contributed by atoms with E-state index in [1.165, 1.54) is 6.42 Å². The van der Waals surface area contributed by atoms with E-state index in [0.29, 0.717) is 36.6 Å². The summed E-state index contributed by atoms with van der Waals surface area (Å²) in [4.78, 5) is 54.2. The normalized spacial score (nSPS) is 20.2. The number of ketones is 2. The molecule has 2 aliphatic rings. The fraction of sp³-hybridized carbons (Fsp3) is 0.571. The van der Waals surface area contributed by atoms with Crippen molar-refractivity contribution in [1.82, 2.24) is 10.3 Å². The minimum Gasteiger partial charge on any atom is -0.496 e. The molecular formula is C28H37N3O5. The number of rotatable bonds is 11. The minimum absolute atomic E-state index is 0.0330. The van der Waals surface area contributed by atoms with Gasteiger partial charge in [0.05, 0.1) is 12.8 Å². The van der Waals surface area contributed by atoms with Gasteiger partial charge < -0.3 is 20.8 Å². The highest BCUT2D eigenvalue weighted by molar-refractivity contribution is 6.02. The highest BCUT2D eigenvalue weighted by atomic mass is 16.5. The lowest BCUT2D eigenvalue weighted by Crippen LogP contribution is -2.48. The number of Topliss-reactive ketones (excluding diaryl/α,β-unsaturated/α-hetero) is 2. The second-order valence-corrected chi connectivity index (χ2v) is 10.4. The Bertz CT molecular complexity index is 1120. The average Bonchev–Trinajstić information content (AvgIpc) is 3.49. The number of aromatic amines is 1. The van der Waals surface area contributed by atoms with Gasteiger partial charge in [0.2, 0.25) is 11.8 Å². The lowest BCUT2D eigenvalue weighted by molar-refractivity contribution is -0.131. The molecule has 0 aliphatic heterocycles. The Balaban J connectivity index is 1.50. The summed E-state index contributed by atoms with van der Waals surface area (Å²) in [5, 5.41) is 3.62. The van der Waals surface area contributed by atoms with Crippen LogP contribution < -0.4 is 15.8 Å². The van der Waals surface area contributed by atoms with Crippen LogP contribution in [0.4, 0.5) is 0 Å². The number of benzene rings is 1. The molecule has 2 aliphatic carbocycles. The van der Waals surface area contributed by atoms with Crippen molar-refractivity contribution in [3.8, 4) is 5.75 Å². The standard InChI is InChI=1S/C28H37N3O5/c1-36-26-12-6-10-21-20(26)16-22(30-21)25(33)15-19(13-17-7-3-2-4-8-17)28(35)31-23(27(29)34)14-18-9-5-11-24(18)32/h6,10,12,16-19,23,30H,2-5,7-9,11,13-15H2,1H3,(H2,29,34)(H,31,35)/t18-,19+,23-/m0/s1. The van der Waals surface area contributed by atoms with E-state index in [2.05, 4.69) is 10.3 Å². The van der Waals surface area contributed by atoms with Gasteiger partial charge in [-0.15, -0.1) is 0 Å². The lowest BCUT2D eigenvalue weighted by Gasteiger charge is -2.27. The first-order chi connectivity index (χ1) is 17.4. The number of fused-ring (bicyclic) bond motifs is 1. The van der Waals surface area contributed by atoms with Crippen LogP contribution in [0.25, 0.3) is 10.9 Å². The second kappa shape index (κ2) is 11.7. The van der Waals surface area contributed by atoms with Crippen molar-refractivity contribution < 1.29 is 23.9 Å². The maximum Gasteiger partial charge on any atom is 0.240 e. The van der Waals surface area contributed by atoms with E-state index in [1.807, 2.05) is 18.2 Å². The third kappa shape index (κ3) is 6.15. The number of amides is 2. The van der Waals surface area contributed by atoms with Crippen LogP contribution in [-0.2, 0) is 14.4 Å². The maximum absolute atomic E-state index is 13.4. The predicted octanol–water partition coefficient (Wildman–Crippen LogP) is 4.07. The molecule has 1 aromatic carbocycles. The molecule has 36 heavy (non-hydrogen) atoms. The summed E-state index contributed by atoms with van der Waals surface area (Å²) in [6.07, 6.45) is 8.41. The summed E-state index contributed by atoms with van der Waals surface area (Å²) in [6, 6.07) is 6.42. The monoisotopic (exact) mass is 495 g/mol. The molecular weight excluding hydrogens is 458 g/mol. The zero-order valence-corrected chi connectivity index (χ0v) is 21.0. The van der Waals surface area contributed by atoms with Gasteiger partial charge in [0.15, 0.2) is 5.78 Å². The van der Waals surface area contributed by atoms with Crippen molar-refractivity contribution >= 4 is 34.3 Å². The number of nitrogens with two attached hydrogens (primary N) is 1. The molecule has 0 saturated heterocycles. The fourth-order valence-electron chi connectivity index (χ4n) is 5.86. The number of carbonyl (C=O) groups excluding carboxylic acids is 4. The number of carbonyl (C=O) groups is 4. The molecule has 2 fully saturated rings. The van der Waals surface area contributed by atoms with E-state index < -0.39 is 17.9 Å². The second-order valence-electron chi connectivity index (χ2n) is 10.4. The summed E-state index contributed by atoms with van der Waals surface area (Å²) >= 11 is 0. The summed E-state index contributed by atoms with van der Waals surface area (Å²) in [6.45, 7) is 0. The maximum atomic E-state index is 13.4. The van der Waals surface area contributed by atoms with Gasteiger partial charge in [0.1, 0.15) is 17.6 Å². The minimum atomic E-state index is -0.911. The van der Waals surface area contributed by atoms with Crippen LogP contribution in [-0.4, -0.2) is 41.5 Å². The van der Waals surface area contributed by atoms with Crippen molar-refractivity contribution in [3.05, 3.63) is 30.0 Å². The predicted molar refractivity (Wildman–Crippen MR) is 137 cm³/mol. The van der Waals surface area contributed by atoms with Crippen molar-refractivity contribution in [2.75, 3.05) is 7.11 Å². The van der Waals surface area contributed by atoms with E-state index in [-0.39, 0.29) is 36.2 Å².